The number of fused-ring (bicyclic) bond motifs is 3. The maximum atomic E-state index is 13.4. The Bertz CT molecular complexity index is 1100. The Kier molecular flexibility index (Phi) is 5.04. The molecule has 0 saturated heterocycles. The zero-order chi connectivity index (χ0) is 20.9. The Labute approximate surface area is 174 Å². The molecule has 4 rings (SSSR count). The lowest BCUT2D eigenvalue weighted by atomic mass is 9.98. The summed E-state index contributed by atoms with van der Waals surface area (Å²) in [5, 5.41) is 13.6. The van der Waals surface area contributed by atoms with Crippen LogP contribution in [0.2, 0.25) is 10.0 Å². The van der Waals surface area contributed by atoms with Crippen LogP contribution in [0.3, 0.4) is 0 Å². The minimum absolute atomic E-state index is 0.161. The summed E-state index contributed by atoms with van der Waals surface area (Å²) in [6.45, 7) is 1.12. The smallest absolute Gasteiger partial charge is 0.418 e. The van der Waals surface area contributed by atoms with E-state index in [9.17, 15) is 18.3 Å². The van der Waals surface area contributed by atoms with Gasteiger partial charge in [-0.3, -0.25) is 0 Å². The van der Waals surface area contributed by atoms with Gasteiger partial charge in [-0.1, -0.05) is 23.2 Å². The van der Waals surface area contributed by atoms with Gasteiger partial charge >= 0.3 is 6.18 Å². The minimum atomic E-state index is -4.85. The Hall–Kier alpha value is -2.16. The van der Waals surface area contributed by atoms with Crippen molar-refractivity contribution in [1.82, 2.24) is 9.55 Å². The fourth-order valence-electron chi connectivity index (χ4n) is 3.53. The first-order valence-corrected chi connectivity index (χ1v) is 9.53. The number of aromatic nitrogens is 2. The molecule has 1 aliphatic rings. The van der Waals surface area contributed by atoms with E-state index in [1.807, 2.05) is 0 Å². The second kappa shape index (κ2) is 7.27. The van der Waals surface area contributed by atoms with Gasteiger partial charge in [0.05, 0.1) is 22.7 Å². The summed E-state index contributed by atoms with van der Waals surface area (Å²) in [5.41, 5.74) is 0.685. The Morgan fingerprint density at radius 2 is 2.00 bits per heavy atom. The van der Waals surface area contributed by atoms with Gasteiger partial charge in [-0.05, 0) is 30.7 Å². The van der Waals surface area contributed by atoms with E-state index in [1.54, 1.807) is 16.7 Å². The normalized spacial score (nSPS) is 15.1. The molecular weight excluding hydrogens is 430 g/mol. The molecule has 2 aromatic carbocycles. The number of benzene rings is 2. The van der Waals surface area contributed by atoms with Crippen LogP contribution in [-0.4, -0.2) is 34.5 Å². The third-order valence-corrected chi connectivity index (χ3v) is 5.59. The second-order valence-corrected chi connectivity index (χ2v) is 7.47. The number of nitrogens with one attached hydrogen (secondary N) is 1. The summed E-state index contributed by atoms with van der Waals surface area (Å²) in [4.78, 5) is 4.40. The molecule has 29 heavy (non-hydrogen) atoms. The topological polar surface area (TPSA) is 59.3 Å². The highest BCUT2D eigenvalue weighted by Gasteiger charge is 2.42. The Morgan fingerprint density at radius 1 is 1.24 bits per heavy atom. The Morgan fingerprint density at radius 3 is 2.66 bits per heavy atom. The fourth-order valence-corrected chi connectivity index (χ4v) is 4.09. The van der Waals surface area contributed by atoms with Crippen molar-refractivity contribution in [2.75, 3.05) is 19.0 Å². The first-order valence-electron chi connectivity index (χ1n) is 8.77. The molecule has 0 fully saturated rings. The van der Waals surface area contributed by atoms with Crippen LogP contribution in [0.4, 0.5) is 19.1 Å². The second-order valence-electron chi connectivity index (χ2n) is 6.68. The average Bonchev–Trinajstić information content (AvgIpc) is 3.08. The molecular formula is C19H16Cl2F3N3O2. The van der Waals surface area contributed by atoms with Crippen molar-refractivity contribution >= 4 is 40.2 Å². The average molecular weight is 446 g/mol. The maximum Gasteiger partial charge on any atom is 0.418 e. The number of hydrogen-bond acceptors (Lipinski definition) is 4. The number of alkyl halides is 3. The van der Waals surface area contributed by atoms with Crippen LogP contribution in [-0.2, 0) is 6.54 Å². The highest BCUT2D eigenvalue weighted by Crippen LogP contribution is 2.45. The van der Waals surface area contributed by atoms with Gasteiger partial charge in [0, 0.05) is 29.8 Å². The minimum Gasteiger partial charge on any atom is -0.497 e. The zero-order valence-corrected chi connectivity index (χ0v) is 16.7. The summed E-state index contributed by atoms with van der Waals surface area (Å²) in [6, 6.07) is 6.00. The molecule has 5 nitrogen and oxygen atoms in total. The number of nitrogens with zero attached hydrogens (tertiary/aromatic N) is 2. The van der Waals surface area contributed by atoms with Crippen LogP contribution in [0.25, 0.3) is 22.2 Å². The predicted octanol–water partition coefficient (Wildman–Crippen LogP) is 5.43. The van der Waals surface area contributed by atoms with Crippen LogP contribution >= 0.6 is 23.2 Å². The number of aryl methyl sites for hydroxylation is 1. The molecule has 0 aliphatic carbocycles. The van der Waals surface area contributed by atoms with E-state index < -0.39 is 12.3 Å². The number of methoxy groups -OCH3 is 1. The van der Waals surface area contributed by atoms with Crippen LogP contribution < -0.4 is 10.1 Å². The van der Waals surface area contributed by atoms with Gasteiger partial charge in [0.2, 0.25) is 5.95 Å². The molecule has 1 aliphatic heterocycles. The molecule has 2 heterocycles. The molecule has 0 saturated carbocycles. The molecule has 1 unspecified atom stereocenters. The van der Waals surface area contributed by atoms with Crippen molar-refractivity contribution in [2.24, 2.45) is 0 Å². The number of aliphatic hydroxyl groups is 1. The van der Waals surface area contributed by atoms with Gasteiger partial charge in [-0.25, -0.2) is 4.98 Å². The van der Waals surface area contributed by atoms with Crippen LogP contribution in [0, 0.1) is 0 Å². The zero-order valence-electron chi connectivity index (χ0n) is 15.1. The lowest BCUT2D eigenvalue weighted by molar-refractivity contribution is -0.206. The van der Waals surface area contributed by atoms with E-state index in [-0.39, 0.29) is 32.2 Å². The van der Waals surface area contributed by atoms with Gasteiger partial charge in [0.15, 0.2) is 6.10 Å². The van der Waals surface area contributed by atoms with Gasteiger partial charge in [0.1, 0.15) is 11.3 Å². The fraction of sp³-hybridized carbons (Fsp3) is 0.316. The predicted molar refractivity (Wildman–Crippen MR) is 106 cm³/mol. The van der Waals surface area contributed by atoms with Crippen LogP contribution in [0.15, 0.2) is 24.3 Å². The lowest BCUT2D eigenvalue weighted by Crippen LogP contribution is -2.22. The summed E-state index contributed by atoms with van der Waals surface area (Å²) < 4.78 is 47.1. The van der Waals surface area contributed by atoms with Gasteiger partial charge in [0.25, 0.3) is 0 Å². The summed E-state index contributed by atoms with van der Waals surface area (Å²) in [6.07, 6.45) is -6.83. The number of anilines is 1. The monoisotopic (exact) mass is 445 g/mol. The Balaban J connectivity index is 2.03. The number of halogens is 5. The molecule has 0 radical (unpaired) electrons. The molecule has 0 bridgehead atoms. The van der Waals surface area contributed by atoms with Crippen molar-refractivity contribution in [3.63, 3.8) is 0 Å². The van der Waals surface area contributed by atoms with Gasteiger partial charge in [-0.2, -0.15) is 13.2 Å². The summed E-state index contributed by atoms with van der Waals surface area (Å²) in [7, 11) is 1.48. The molecule has 2 N–H and O–H groups in total. The molecule has 0 amide bonds. The quantitative estimate of drug-likeness (QED) is 0.564. The highest BCUT2D eigenvalue weighted by molar-refractivity contribution is 6.39. The maximum absolute atomic E-state index is 13.4. The highest BCUT2D eigenvalue weighted by atomic mass is 35.5. The number of rotatable bonds is 3. The van der Waals surface area contributed by atoms with Crippen molar-refractivity contribution in [3.05, 3.63) is 39.9 Å². The lowest BCUT2D eigenvalue weighted by Gasteiger charge is -2.21. The van der Waals surface area contributed by atoms with Crippen LogP contribution in [0.5, 0.6) is 5.75 Å². The van der Waals surface area contributed by atoms with E-state index in [1.165, 1.54) is 19.2 Å². The molecule has 1 atom stereocenters. The molecule has 3 aromatic rings. The van der Waals surface area contributed by atoms with Gasteiger partial charge < -0.3 is 19.7 Å². The number of aliphatic hydroxyl groups excluding tert-OH is 1. The number of imidazole rings is 1. The summed E-state index contributed by atoms with van der Waals surface area (Å²) in [5.74, 6) is 0.912. The van der Waals surface area contributed by atoms with E-state index >= 15 is 0 Å². The first-order chi connectivity index (χ1) is 13.7. The molecule has 1 aromatic heterocycles. The third-order valence-electron chi connectivity index (χ3n) is 4.90. The summed E-state index contributed by atoms with van der Waals surface area (Å²) >= 11 is 12.9. The van der Waals surface area contributed by atoms with Crippen LogP contribution in [0.1, 0.15) is 18.1 Å². The third kappa shape index (κ3) is 3.39. The van der Waals surface area contributed by atoms with Crippen molar-refractivity contribution in [2.45, 2.75) is 25.2 Å². The number of hydrogen-bond donors (Lipinski definition) is 2. The van der Waals surface area contributed by atoms with E-state index in [2.05, 4.69) is 10.3 Å². The molecule has 10 heteroatoms. The standard InChI is InChI=1S/C19H16Cl2F3N3O2/c1-29-9-3-4-10(13(20)7-9)11-8-12(17(28)19(22,23)24)16-15(14(11)21)26-18-25-5-2-6-27(16)18/h3-4,7-8,17,28H,2,5-6H2,1H3,(H,25,26). The van der Waals surface area contributed by atoms with Crippen molar-refractivity contribution in [1.29, 1.82) is 0 Å². The van der Waals surface area contributed by atoms with Gasteiger partial charge in [-0.15, -0.1) is 0 Å². The SMILES string of the molecule is COc1ccc(-c2cc(C(O)C(F)(F)F)c3c(nc4n3CCCN4)c2Cl)c(Cl)c1. The molecule has 154 valence electrons. The number of ether oxygens (including phenoxy) is 1. The largest absolute Gasteiger partial charge is 0.497 e. The molecule has 0 spiro atoms. The van der Waals surface area contributed by atoms with E-state index in [4.69, 9.17) is 27.9 Å². The first kappa shape index (κ1) is 20.1. The van der Waals surface area contributed by atoms with E-state index in [0.29, 0.717) is 36.8 Å². The van der Waals surface area contributed by atoms with Crippen molar-refractivity contribution in [3.8, 4) is 16.9 Å². The van der Waals surface area contributed by atoms with Crippen molar-refractivity contribution < 1.29 is 23.0 Å². The van der Waals surface area contributed by atoms with E-state index in [0.717, 1.165) is 0 Å².